The predicted molar refractivity (Wildman–Crippen MR) is 66.0 cm³/mol. The maximum atomic E-state index is 4.42. The minimum Gasteiger partial charge on any atom is -0.364 e. The molecule has 5 heteroatoms. The van der Waals surface area contributed by atoms with Crippen LogP contribution in [0, 0.1) is 23.7 Å². The van der Waals surface area contributed by atoms with Crippen LogP contribution < -0.4 is 5.32 Å². The molecule has 3 aliphatic carbocycles. The molecule has 2 heterocycles. The van der Waals surface area contributed by atoms with Crippen molar-refractivity contribution in [3.8, 4) is 0 Å². The molecular weight excluding hydrogens is 226 g/mol. The van der Waals surface area contributed by atoms with E-state index >= 15 is 0 Å². The van der Waals surface area contributed by atoms with Crippen LogP contribution in [0.2, 0.25) is 0 Å². The Labute approximate surface area is 105 Å². The highest BCUT2D eigenvalue weighted by molar-refractivity contribution is 5.62. The van der Waals surface area contributed by atoms with Crippen molar-refractivity contribution < 1.29 is 0 Å². The Morgan fingerprint density at radius 1 is 1.22 bits per heavy atom. The summed E-state index contributed by atoms with van der Waals surface area (Å²) in [7, 11) is 0. The molecule has 18 heavy (non-hydrogen) atoms. The Balaban J connectivity index is 1.46. The lowest BCUT2D eigenvalue weighted by Crippen LogP contribution is -2.14. The molecule has 2 aromatic rings. The molecule has 4 unspecified atom stereocenters. The summed E-state index contributed by atoms with van der Waals surface area (Å²) in [6, 6.07) is 0.645. The van der Waals surface area contributed by atoms with Gasteiger partial charge in [0.25, 0.3) is 0 Å². The standard InChI is InChI=1S/C13H15N5/c1-2-8-5-7(1)9-10(8)11(9)16-12-13-17-15-6-18(13)4-3-14-12/h3-4,6-11H,1-2,5H2,(H,14,16). The fraction of sp³-hybridized carbons (Fsp3) is 0.615. The molecule has 1 N–H and O–H groups in total. The van der Waals surface area contributed by atoms with Gasteiger partial charge in [0.15, 0.2) is 5.82 Å². The average Bonchev–Trinajstić information content (AvgIpc) is 2.84. The highest BCUT2D eigenvalue weighted by Gasteiger charge is 2.65. The third kappa shape index (κ3) is 1.05. The minimum atomic E-state index is 0.645. The normalized spacial score (nSPS) is 40.1. The van der Waals surface area contributed by atoms with Gasteiger partial charge in [-0.15, -0.1) is 10.2 Å². The molecule has 3 aliphatic rings. The lowest BCUT2D eigenvalue weighted by Gasteiger charge is -2.11. The van der Waals surface area contributed by atoms with E-state index in [0.717, 1.165) is 35.1 Å². The van der Waals surface area contributed by atoms with Crippen LogP contribution in [0.5, 0.6) is 0 Å². The van der Waals surface area contributed by atoms with Crippen LogP contribution in [-0.4, -0.2) is 25.6 Å². The molecule has 2 bridgehead atoms. The summed E-state index contributed by atoms with van der Waals surface area (Å²) in [5, 5.41) is 11.7. The first kappa shape index (κ1) is 9.30. The van der Waals surface area contributed by atoms with Gasteiger partial charge in [0.05, 0.1) is 0 Å². The van der Waals surface area contributed by atoms with Gasteiger partial charge in [-0.1, -0.05) is 0 Å². The Bertz CT molecular complexity index is 605. The number of rotatable bonds is 2. The molecule has 0 radical (unpaired) electrons. The van der Waals surface area contributed by atoms with E-state index in [1.165, 1.54) is 19.3 Å². The van der Waals surface area contributed by atoms with Gasteiger partial charge in [-0.2, -0.15) is 0 Å². The van der Waals surface area contributed by atoms with E-state index in [4.69, 9.17) is 0 Å². The molecule has 0 aliphatic heterocycles. The summed E-state index contributed by atoms with van der Waals surface area (Å²) < 4.78 is 1.92. The first-order valence-corrected chi connectivity index (χ1v) is 6.83. The predicted octanol–water partition coefficient (Wildman–Crippen LogP) is 1.58. The second-order valence-electron chi connectivity index (χ2n) is 6.00. The topological polar surface area (TPSA) is 55.1 Å². The zero-order valence-electron chi connectivity index (χ0n) is 10.0. The molecule has 92 valence electrons. The Hall–Kier alpha value is -1.65. The highest BCUT2D eigenvalue weighted by Crippen LogP contribution is 2.66. The monoisotopic (exact) mass is 241 g/mol. The van der Waals surface area contributed by atoms with Crippen molar-refractivity contribution in [2.45, 2.75) is 25.3 Å². The Morgan fingerprint density at radius 3 is 2.89 bits per heavy atom. The largest absolute Gasteiger partial charge is 0.364 e. The van der Waals surface area contributed by atoms with E-state index < -0.39 is 0 Å². The van der Waals surface area contributed by atoms with Crippen molar-refractivity contribution >= 4 is 11.5 Å². The van der Waals surface area contributed by atoms with Crippen molar-refractivity contribution in [3.63, 3.8) is 0 Å². The second kappa shape index (κ2) is 3.02. The van der Waals surface area contributed by atoms with Gasteiger partial charge in [-0.25, -0.2) is 4.98 Å². The van der Waals surface area contributed by atoms with Crippen LogP contribution in [-0.2, 0) is 0 Å². The van der Waals surface area contributed by atoms with E-state index in [2.05, 4.69) is 20.5 Å². The molecule has 0 amide bonds. The first-order chi connectivity index (χ1) is 8.92. The molecule has 3 saturated carbocycles. The van der Waals surface area contributed by atoms with Crippen molar-refractivity contribution in [2.75, 3.05) is 5.32 Å². The number of aromatic nitrogens is 4. The third-order valence-electron chi connectivity index (χ3n) is 5.25. The fourth-order valence-electron chi connectivity index (χ4n) is 4.54. The molecule has 5 nitrogen and oxygen atoms in total. The first-order valence-electron chi connectivity index (χ1n) is 6.83. The van der Waals surface area contributed by atoms with Gasteiger partial charge in [0.2, 0.25) is 5.65 Å². The van der Waals surface area contributed by atoms with Gasteiger partial charge in [0.1, 0.15) is 6.33 Å². The molecular formula is C13H15N5. The maximum Gasteiger partial charge on any atom is 0.203 e. The van der Waals surface area contributed by atoms with Crippen LogP contribution in [0.1, 0.15) is 19.3 Å². The summed E-state index contributed by atoms with van der Waals surface area (Å²) in [6.45, 7) is 0. The smallest absolute Gasteiger partial charge is 0.203 e. The molecule has 0 saturated heterocycles. The average molecular weight is 241 g/mol. The molecule has 0 aromatic carbocycles. The number of hydrogen-bond donors (Lipinski definition) is 1. The van der Waals surface area contributed by atoms with Crippen LogP contribution in [0.25, 0.3) is 5.65 Å². The van der Waals surface area contributed by atoms with E-state index in [-0.39, 0.29) is 0 Å². The van der Waals surface area contributed by atoms with Crippen LogP contribution in [0.4, 0.5) is 5.82 Å². The summed E-state index contributed by atoms with van der Waals surface area (Å²) in [6.07, 6.45) is 9.80. The molecule has 2 aromatic heterocycles. The van der Waals surface area contributed by atoms with E-state index in [1.54, 1.807) is 6.33 Å². The Kier molecular flexibility index (Phi) is 1.56. The van der Waals surface area contributed by atoms with Crippen molar-refractivity contribution in [1.29, 1.82) is 0 Å². The molecule has 5 rings (SSSR count). The fourth-order valence-corrected chi connectivity index (χ4v) is 4.54. The van der Waals surface area contributed by atoms with Crippen LogP contribution >= 0.6 is 0 Å². The lowest BCUT2D eigenvalue weighted by molar-refractivity contribution is 0.456. The summed E-state index contributed by atoms with van der Waals surface area (Å²) in [5.41, 5.74) is 0.842. The van der Waals surface area contributed by atoms with Crippen molar-refractivity contribution in [1.82, 2.24) is 19.6 Å². The van der Waals surface area contributed by atoms with Gasteiger partial charge >= 0.3 is 0 Å². The number of fused-ring (bicyclic) bond motifs is 6. The molecule has 3 fully saturated rings. The SMILES string of the molecule is c1cn2cnnc2c(NC2C3C4CCC(C4)C23)n1. The minimum absolute atomic E-state index is 0.645. The number of nitrogens with one attached hydrogen (secondary N) is 1. The summed E-state index contributed by atoms with van der Waals surface area (Å²) >= 11 is 0. The molecule has 0 spiro atoms. The van der Waals surface area contributed by atoms with Gasteiger partial charge in [-0.05, 0) is 42.9 Å². The second-order valence-corrected chi connectivity index (χ2v) is 6.00. The lowest BCUT2D eigenvalue weighted by atomic mass is 10.0. The van der Waals surface area contributed by atoms with Crippen molar-refractivity contribution in [2.24, 2.45) is 23.7 Å². The molecule has 4 atom stereocenters. The zero-order chi connectivity index (χ0) is 11.7. The van der Waals surface area contributed by atoms with E-state index in [1.807, 2.05) is 16.8 Å². The summed E-state index contributed by atoms with van der Waals surface area (Å²) in [4.78, 5) is 4.42. The van der Waals surface area contributed by atoms with Crippen molar-refractivity contribution in [3.05, 3.63) is 18.7 Å². The number of hydrogen-bond acceptors (Lipinski definition) is 4. The number of anilines is 1. The van der Waals surface area contributed by atoms with Gasteiger partial charge < -0.3 is 5.32 Å². The van der Waals surface area contributed by atoms with Gasteiger partial charge in [-0.3, -0.25) is 4.40 Å². The highest BCUT2D eigenvalue weighted by atomic mass is 15.3. The maximum absolute atomic E-state index is 4.42. The van der Waals surface area contributed by atoms with Crippen LogP contribution in [0.3, 0.4) is 0 Å². The summed E-state index contributed by atoms with van der Waals surface area (Å²) in [5.74, 6) is 4.68. The zero-order valence-corrected chi connectivity index (χ0v) is 10.0. The third-order valence-corrected chi connectivity index (χ3v) is 5.25. The van der Waals surface area contributed by atoms with E-state index in [0.29, 0.717) is 6.04 Å². The van der Waals surface area contributed by atoms with Gasteiger partial charge in [0, 0.05) is 18.4 Å². The van der Waals surface area contributed by atoms with Crippen LogP contribution in [0.15, 0.2) is 18.7 Å². The Morgan fingerprint density at radius 2 is 2.06 bits per heavy atom. The number of nitrogens with zero attached hydrogens (tertiary/aromatic N) is 4. The quantitative estimate of drug-likeness (QED) is 0.867. The van der Waals surface area contributed by atoms with E-state index in [9.17, 15) is 0 Å².